The first-order valence-electron chi connectivity index (χ1n) is 10.0. The van der Waals surface area contributed by atoms with Gasteiger partial charge in [-0.15, -0.1) is 5.10 Å². The zero-order valence-corrected chi connectivity index (χ0v) is 17.2. The van der Waals surface area contributed by atoms with E-state index in [9.17, 15) is 14.4 Å². The highest BCUT2D eigenvalue weighted by Gasteiger charge is 2.13. The van der Waals surface area contributed by atoms with Crippen LogP contribution < -0.4 is 5.32 Å². The molecule has 0 aliphatic carbocycles. The third kappa shape index (κ3) is 6.30. The van der Waals surface area contributed by atoms with Crippen LogP contribution in [0.1, 0.15) is 53.3 Å². The smallest absolute Gasteiger partial charge is 0.338 e. The molecule has 0 atom stereocenters. The van der Waals surface area contributed by atoms with Crippen LogP contribution in [0.25, 0.3) is 5.69 Å². The summed E-state index contributed by atoms with van der Waals surface area (Å²) in [6.45, 7) is 1.70. The fourth-order valence-electron chi connectivity index (χ4n) is 2.83. The van der Waals surface area contributed by atoms with Gasteiger partial charge in [-0.2, -0.15) is 0 Å². The van der Waals surface area contributed by atoms with Crippen molar-refractivity contribution in [3.63, 3.8) is 0 Å². The Morgan fingerprint density at radius 3 is 2.32 bits per heavy atom. The summed E-state index contributed by atoms with van der Waals surface area (Å²) in [6.07, 6.45) is 4.84. The first-order chi connectivity index (χ1) is 15.1. The quantitative estimate of drug-likeness (QED) is 0.303. The minimum absolute atomic E-state index is 0.0486. The molecular formula is C22H23N5O4. The topological polar surface area (TPSA) is 116 Å². The molecule has 1 N–H and O–H groups in total. The number of amides is 1. The van der Waals surface area contributed by atoms with Crippen molar-refractivity contribution in [2.75, 3.05) is 11.9 Å². The molecule has 0 saturated carbocycles. The second kappa shape index (κ2) is 10.8. The standard InChI is InChI=1S/C22H23N5O4/c1-2-3-4-5-21(29)24-18-10-6-16(7-11-18)20(28)14-31-22(30)17-8-12-19(13-9-17)27-15-23-25-26-27/h6-13,15H,2-5,14H2,1H3,(H,24,29). The monoisotopic (exact) mass is 421 g/mol. The van der Waals surface area contributed by atoms with E-state index >= 15 is 0 Å². The molecule has 0 spiro atoms. The Hall–Kier alpha value is -3.88. The lowest BCUT2D eigenvalue weighted by Crippen LogP contribution is -2.15. The average molecular weight is 421 g/mol. The number of carbonyl (C=O) groups is 3. The zero-order valence-electron chi connectivity index (χ0n) is 17.2. The predicted octanol–water partition coefficient (Wildman–Crippen LogP) is 3.22. The Labute approximate surface area is 179 Å². The summed E-state index contributed by atoms with van der Waals surface area (Å²) in [4.78, 5) is 36.4. The van der Waals surface area contributed by atoms with Gasteiger partial charge < -0.3 is 10.1 Å². The summed E-state index contributed by atoms with van der Waals surface area (Å²) in [5.74, 6) is -0.986. The van der Waals surface area contributed by atoms with E-state index in [2.05, 4.69) is 27.8 Å². The van der Waals surface area contributed by atoms with E-state index in [0.29, 0.717) is 28.9 Å². The Kier molecular flexibility index (Phi) is 7.58. The van der Waals surface area contributed by atoms with Crippen LogP contribution in [0.15, 0.2) is 54.9 Å². The van der Waals surface area contributed by atoms with Crippen molar-refractivity contribution in [2.45, 2.75) is 32.6 Å². The van der Waals surface area contributed by atoms with Crippen LogP contribution in [0.5, 0.6) is 0 Å². The lowest BCUT2D eigenvalue weighted by Gasteiger charge is -2.07. The highest BCUT2D eigenvalue weighted by molar-refractivity contribution is 6.00. The maximum atomic E-state index is 12.3. The molecule has 3 aromatic rings. The Bertz CT molecular complexity index is 1020. The number of rotatable bonds is 10. The SMILES string of the molecule is CCCCCC(=O)Nc1ccc(C(=O)COC(=O)c2ccc(-n3cnnn3)cc2)cc1. The normalized spacial score (nSPS) is 10.5. The predicted molar refractivity (Wildman–Crippen MR) is 113 cm³/mol. The number of benzene rings is 2. The molecule has 1 amide bonds. The maximum Gasteiger partial charge on any atom is 0.338 e. The summed E-state index contributed by atoms with van der Waals surface area (Å²) >= 11 is 0. The van der Waals surface area contributed by atoms with E-state index in [1.807, 2.05) is 0 Å². The average Bonchev–Trinajstić information content (AvgIpc) is 3.33. The van der Waals surface area contributed by atoms with Gasteiger partial charge in [-0.05, 0) is 65.4 Å². The zero-order chi connectivity index (χ0) is 22.1. The number of hydrogen-bond acceptors (Lipinski definition) is 7. The minimum atomic E-state index is -0.604. The maximum absolute atomic E-state index is 12.3. The largest absolute Gasteiger partial charge is 0.454 e. The van der Waals surface area contributed by atoms with Crippen LogP contribution in [-0.4, -0.2) is 44.5 Å². The van der Waals surface area contributed by atoms with Crippen LogP contribution in [-0.2, 0) is 9.53 Å². The van der Waals surface area contributed by atoms with Gasteiger partial charge in [-0.3, -0.25) is 9.59 Å². The van der Waals surface area contributed by atoms with E-state index in [1.165, 1.54) is 11.0 Å². The number of hydrogen-bond donors (Lipinski definition) is 1. The van der Waals surface area contributed by atoms with Crippen molar-refractivity contribution in [3.8, 4) is 5.69 Å². The number of nitrogens with one attached hydrogen (secondary N) is 1. The van der Waals surface area contributed by atoms with Crippen molar-refractivity contribution < 1.29 is 19.1 Å². The summed E-state index contributed by atoms with van der Waals surface area (Å²) in [7, 11) is 0. The molecule has 9 nitrogen and oxygen atoms in total. The number of Topliss-reactive ketones (excluding diaryl/α,β-unsaturated/α-hetero) is 1. The number of aromatic nitrogens is 4. The number of tetrazole rings is 1. The second-order valence-electron chi connectivity index (χ2n) is 6.88. The number of nitrogens with zero attached hydrogens (tertiary/aromatic N) is 4. The van der Waals surface area contributed by atoms with Crippen molar-refractivity contribution in [3.05, 3.63) is 66.0 Å². The van der Waals surface area contributed by atoms with Gasteiger partial charge in [0.1, 0.15) is 6.33 Å². The number of ketones is 1. The van der Waals surface area contributed by atoms with E-state index in [0.717, 1.165) is 19.3 Å². The number of unbranched alkanes of at least 4 members (excludes halogenated alkanes) is 2. The molecule has 0 aliphatic rings. The Balaban J connectivity index is 1.48. The van der Waals surface area contributed by atoms with Gasteiger partial charge in [-0.25, -0.2) is 9.48 Å². The van der Waals surface area contributed by atoms with Crippen LogP contribution in [0.2, 0.25) is 0 Å². The first-order valence-corrected chi connectivity index (χ1v) is 10.0. The molecule has 0 fully saturated rings. The van der Waals surface area contributed by atoms with Crippen LogP contribution in [0.3, 0.4) is 0 Å². The fraction of sp³-hybridized carbons (Fsp3) is 0.273. The Morgan fingerprint density at radius 2 is 1.68 bits per heavy atom. The lowest BCUT2D eigenvalue weighted by molar-refractivity contribution is -0.116. The van der Waals surface area contributed by atoms with Crippen molar-refractivity contribution in [1.29, 1.82) is 0 Å². The molecule has 0 saturated heterocycles. The van der Waals surface area contributed by atoms with Gasteiger partial charge in [0.25, 0.3) is 0 Å². The molecule has 31 heavy (non-hydrogen) atoms. The van der Waals surface area contributed by atoms with Crippen LogP contribution in [0.4, 0.5) is 5.69 Å². The summed E-state index contributed by atoms with van der Waals surface area (Å²) in [6, 6.07) is 13.0. The number of anilines is 1. The molecular weight excluding hydrogens is 398 g/mol. The Morgan fingerprint density at radius 1 is 0.968 bits per heavy atom. The third-order valence-electron chi connectivity index (χ3n) is 4.55. The van der Waals surface area contributed by atoms with Gasteiger partial charge in [0.05, 0.1) is 11.3 Å². The van der Waals surface area contributed by atoms with Crippen molar-refractivity contribution in [2.24, 2.45) is 0 Å². The number of ether oxygens (including phenoxy) is 1. The van der Waals surface area contributed by atoms with Crippen molar-refractivity contribution in [1.82, 2.24) is 20.2 Å². The van der Waals surface area contributed by atoms with Gasteiger partial charge in [0.15, 0.2) is 12.4 Å². The van der Waals surface area contributed by atoms with Gasteiger partial charge in [0.2, 0.25) is 5.91 Å². The van der Waals surface area contributed by atoms with Crippen LogP contribution >= 0.6 is 0 Å². The summed E-state index contributed by atoms with van der Waals surface area (Å²) in [5, 5.41) is 13.7. The van der Waals surface area contributed by atoms with E-state index in [1.54, 1.807) is 48.5 Å². The molecule has 1 aromatic heterocycles. The van der Waals surface area contributed by atoms with E-state index < -0.39 is 5.97 Å². The van der Waals surface area contributed by atoms with Gasteiger partial charge >= 0.3 is 5.97 Å². The molecule has 0 bridgehead atoms. The molecule has 2 aromatic carbocycles. The van der Waals surface area contributed by atoms with E-state index in [-0.39, 0.29) is 18.3 Å². The number of esters is 1. The highest BCUT2D eigenvalue weighted by Crippen LogP contribution is 2.13. The van der Waals surface area contributed by atoms with E-state index in [4.69, 9.17) is 4.74 Å². The molecule has 9 heteroatoms. The van der Waals surface area contributed by atoms with Gasteiger partial charge in [0, 0.05) is 17.7 Å². The van der Waals surface area contributed by atoms with Crippen LogP contribution in [0, 0.1) is 0 Å². The summed E-state index contributed by atoms with van der Waals surface area (Å²) in [5.41, 5.74) is 2.02. The fourth-order valence-corrected chi connectivity index (χ4v) is 2.83. The highest BCUT2D eigenvalue weighted by atomic mass is 16.5. The number of carbonyl (C=O) groups excluding carboxylic acids is 3. The van der Waals surface area contributed by atoms with Crippen molar-refractivity contribution >= 4 is 23.3 Å². The minimum Gasteiger partial charge on any atom is -0.454 e. The first kappa shape index (κ1) is 21.8. The third-order valence-corrected chi connectivity index (χ3v) is 4.55. The molecule has 3 rings (SSSR count). The summed E-state index contributed by atoms with van der Waals surface area (Å²) < 4.78 is 6.57. The molecule has 0 unspecified atom stereocenters. The molecule has 1 heterocycles. The molecule has 0 radical (unpaired) electrons. The molecule has 160 valence electrons. The second-order valence-corrected chi connectivity index (χ2v) is 6.88. The lowest BCUT2D eigenvalue weighted by atomic mass is 10.1. The molecule has 0 aliphatic heterocycles. The van der Waals surface area contributed by atoms with Gasteiger partial charge in [-0.1, -0.05) is 19.8 Å².